The number of carbonyl (C=O) groups excluding carboxylic acids is 1. The van der Waals surface area contributed by atoms with Gasteiger partial charge in [0.2, 0.25) is 5.91 Å². The summed E-state index contributed by atoms with van der Waals surface area (Å²) in [5, 5.41) is 3.42. The summed E-state index contributed by atoms with van der Waals surface area (Å²) in [6.07, 6.45) is 1.48. The quantitative estimate of drug-likeness (QED) is 0.922. The predicted molar refractivity (Wildman–Crippen MR) is 82.7 cm³/mol. The van der Waals surface area contributed by atoms with E-state index < -0.39 is 0 Å². The van der Waals surface area contributed by atoms with E-state index in [1.807, 2.05) is 49.5 Å². The van der Waals surface area contributed by atoms with Gasteiger partial charge in [0, 0.05) is 32.1 Å². The summed E-state index contributed by atoms with van der Waals surface area (Å²) in [7, 11) is 1.84. The van der Waals surface area contributed by atoms with Crippen molar-refractivity contribution in [3.63, 3.8) is 0 Å². The summed E-state index contributed by atoms with van der Waals surface area (Å²) >= 11 is 0. The molecule has 5 nitrogen and oxygen atoms in total. The van der Waals surface area contributed by atoms with E-state index in [1.54, 1.807) is 4.90 Å². The number of ether oxygens (including phenoxy) is 1. The minimum atomic E-state index is 0.217. The molecule has 1 amide bonds. The van der Waals surface area contributed by atoms with Gasteiger partial charge in [0.1, 0.15) is 11.5 Å². The zero-order valence-electron chi connectivity index (χ0n) is 12.6. The Labute approximate surface area is 129 Å². The van der Waals surface area contributed by atoms with Gasteiger partial charge in [-0.05, 0) is 24.6 Å². The highest BCUT2D eigenvalue weighted by molar-refractivity contribution is 5.76. The number of likely N-dealkylation sites (N-methyl/N-ethyl adjacent to an activating group) is 1. The molecule has 1 aromatic heterocycles. The van der Waals surface area contributed by atoms with Gasteiger partial charge in [0.15, 0.2) is 0 Å². The van der Waals surface area contributed by atoms with Crippen LogP contribution in [0.5, 0.6) is 11.7 Å². The largest absolute Gasteiger partial charge is 0.429 e. The summed E-state index contributed by atoms with van der Waals surface area (Å²) < 4.78 is 11.3. The lowest BCUT2D eigenvalue weighted by atomic mass is 10.1. The molecule has 0 aliphatic carbocycles. The molecule has 5 heteroatoms. The number of hydrogen-bond donors (Lipinski definition) is 1. The molecule has 0 bridgehead atoms. The fraction of sp³-hybridized carbons (Fsp3) is 0.353. The fourth-order valence-corrected chi connectivity index (χ4v) is 2.54. The van der Waals surface area contributed by atoms with Crippen molar-refractivity contribution in [1.29, 1.82) is 0 Å². The van der Waals surface area contributed by atoms with Gasteiger partial charge in [-0.1, -0.05) is 18.2 Å². The second kappa shape index (κ2) is 6.66. The van der Waals surface area contributed by atoms with Crippen molar-refractivity contribution in [1.82, 2.24) is 10.2 Å². The van der Waals surface area contributed by atoms with Gasteiger partial charge in [-0.25, -0.2) is 0 Å². The Balaban J connectivity index is 1.51. The van der Waals surface area contributed by atoms with E-state index in [9.17, 15) is 4.79 Å². The van der Waals surface area contributed by atoms with E-state index in [-0.39, 0.29) is 5.91 Å². The molecule has 22 heavy (non-hydrogen) atoms. The number of benzene rings is 1. The SMILES string of the molecule is CN1C[C@@H](NCc2ccc(Oc3ccccc3)o2)CCC1=O. The monoisotopic (exact) mass is 300 g/mol. The van der Waals surface area contributed by atoms with Crippen LogP contribution in [0.3, 0.4) is 0 Å². The second-order valence-electron chi connectivity index (χ2n) is 5.53. The van der Waals surface area contributed by atoms with E-state index >= 15 is 0 Å². The molecule has 1 aliphatic heterocycles. The van der Waals surface area contributed by atoms with Crippen molar-refractivity contribution in [3.8, 4) is 11.7 Å². The zero-order valence-corrected chi connectivity index (χ0v) is 12.6. The van der Waals surface area contributed by atoms with E-state index in [4.69, 9.17) is 9.15 Å². The third-order valence-corrected chi connectivity index (χ3v) is 3.79. The number of para-hydroxylation sites is 1. The molecule has 0 radical (unpaired) electrons. The first-order chi connectivity index (χ1) is 10.7. The number of nitrogens with zero attached hydrogens (tertiary/aromatic N) is 1. The van der Waals surface area contributed by atoms with E-state index in [2.05, 4.69) is 5.32 Å². The van der Waals surface area contributed by atoms with Crippen molar-refractivity contribution < 1.29 is 13.9 Å². The minimum Gasteiger partial charge on any atom is -0.429 e. The standard InChI is InChI=1S/C17H20N2O3/c1-19-12-13(7-9-16(19)20)18-11-15-8-10-17(22-15)21-14-5-3-2-4-6-14/h2-6,8,10,13,18H,7,9,11-12H2,1H3/t13-/m0/s1. The Morgan fingerprint density at radius 3 is 2.86 bits per heavy atom. The highest BCUT2D eigenvalue weighted by Crippen LogP contribution is 2.23. The Hall–Kier alpha value is -2.27. The first-order valence-corrected chi connectivity index (χ1v) is 7.49. The van der Waals surface area contributed by atoms with Crippen LogP contribution in [0.15, 0.2) is 46.9 Å². The molecule has 2 aromatic rings. The van der Waals surface area contributed by atoms with Crippen LogP contribution in [0.25, 0.3) is 0 Å². The van der Waals surface area contributed by atoms with Crippen LogP contribution < -0.4 is 10.1 Å². The molecular formula is C17H20N2O3. The maximum atomic E-state index is 11.5. The van der Waals surface area contributed by atoms with Crippen molar-refractivity contribution >= 4 is 5.91 Å². The molecule has 1 fully saturated rings. The predicted octanol–water partition coefficient (Wildman–Crippen LogP) is 2.78. The molecule has 3 rings (SSSR count). The van der Waals surface area contributed by atoms with Crippen molar-refractivity contribution in [2.45, 2.75) is 25.4 Å². The van der Waals surface area contributed by atoms with Crippen molar-refractivity contribution in [3.05, 3.63) is 48.2 Å². The van der Waals surface area contributed by atoms with Gasteiger partial charge >= 0.3 is 0 Å². The third-order valence-electron chi connectivity index (χ3n) is 3.79. The zero-order chi connectivity index (χ0) is 15.4. The third kappa shape index (κ3) is 3.68. The first-order valence-electron chi connectivity index (χ1n) is 7.49. The average Bonchev–Trinajstić information content (AvgIpc) is 2.97. The van der Waals surface area contributed by atoms with Crippen molar-refractivity contribution in [2.24, 2.45) is 0 Å². The molecule has 1 N–H and O–H groups in total. The maximum absolute atomic E-state index is 11.5. The smallest absolute Gasteiger partial charge is 0.290 e. The number of rotatable bonds is 5. The normalized spacial score (nSPS) is 18.5. The lowest BCUT2D eigenvalue weighted by molar-refractivity contribution is -0.132. The Kier molecular flexibility index (Phi) is 4.44. The van der Waals surface area contributed by atoms with Crippen LogP contribution in [0.1, 0.15) is 18.6 Å². The summed E-state index contributed by atoms with van der Waals surface area (Å²) in [6.45, 7) is 1.37. The number of piperidine rings is 1. The summed E-state index contributed by atoms with van der Waals surface area (Å²) in [5.74, 6) is 2.28. The van der Waals surface area contributed by atoms with Crippen LogP contribution in [-0.4, -0.2) is 30.4 Å². The van der Waals surface area contributed by atoms with Gasteiger partial charge in [-0.3, -0.25) is 4.79 Å². The molecule has 1 aliphatic rings. The average molecular weight is 300 g/mol. The summed E-state index contributed by atoms with van der Waals surface area (Å²) in [5.41, 5.74) is 0. The molecular weight excluding hydrogens is 280 g/mol. The van der Waals surface area contributed by atoms with E-state index in [0.717, 1.165) is 24.5 Å². The molecule has 2 heterocycles. The second-order valence-corrected chi connectivity index (χ2v) is 5.53. The Morgan fingerprint density at radius 2 is 2.09 bits per heavy atom. The minimum absolute atomic E-state index is 0.217. The fourth-order valence-electron chi connectivity index (χ4n) is 2.54. The topological polar surface area (TPSA) is 54.7 Å². The highest BCUT2D eigenvalue weighted by Gasteiger charge is 2.22. The van der Waals surface area contributed by atoms with Gasteiger partial charge < -0.3 is 19.4 Å². The van der Waals surface area contributed by atoms with Crippen LogP contribution in [0.2, 0.25) is 0 Å². The lowest BCUT2D eigenvalue weighted by Crippen LogP contribution is -2.46. The van der Waals surface area contributed by atoms with E-state index in [0.29, 0.717) is 25.0 Å². The molecule has 0 saturated carbocycles. The molecule has 1 aromatic carbocycles. The van der Waals surface area contributed by atoms with Crippen molar-refractivity contribution in [2.75, 3.05) is 13.6 Å². The maximum Gasteiger partial charge on any atom is 0.290 e. The molecule has 116 valence electrons. The molecule has 1 saturated heterocycles. The van der Waals surface area contributed by atoms with Crippen LogP contribution >= 0.6 is 0 Å². The van der Waals surface area contributed by atoms with Crippen LogP contribution in [0.4, 0.5) is 0 Å². The Morgan fingerprint density at radius 1 is 1.27 bits per heavy atom. The molecule has 1 atom stereocenters. The van der Waals surface area contributed by atoms with E-state index in [1.165, 1.54) is 0 Å². The first kappa shape index (κ1) is 14.7. The van der Waals surface area contributed by atoms with Gasteiger partial charge in [-0.15, -0.1) is 0 Å². The number of nitrogens with one attached hydrogen (secondary N) is 1. The Bertz CT molecular complexity index is 624. The number of amides is 1. The number of carbonyl (C=O) groups is 1. The van der Waals surface area contributed by atoms with Crippen LogP contribution in [-0.2, 0) is 11.3 Å². The molecule has 0 spiro atoms. The molecule has 0 unspecified atom stereocenters. The summed E-state index contributed by atoms with van der Waals surface area (Å²) in [6, 6.07) is 13.6. The lowest BCUT2D eigenvalue weighted by Gasteiger charge is -2.30. The highest BCUT2D eigenvalue weighted by atomic mass is 16.6. The number of likely N-dealkylation sites (tertiary alicyclic amines) is 1. The van der Waals surface area contributed by atoms with Gasteiger partial charge in [0.05, 0.1) is 6.54 Å². The number of hydrogen-bond acceptors (Lipinski definition) is 4. The van der Waals surface area contributed by atoms with Gasteiger partial charge in [-0.2, -0.15) is 0 Å². The van der Waals surface area contributed by atoms with Crippen LogP contribution in [0, 0.1) is 0 Å². The summed E-state index contributed by atoms with van der Waals surface area (Å²) in [4.78, 5) is 13.2. The number of furan rings is 1. The van der Waals surface area contributed by atoms with Gasteiger partial charge in [0.25, 0.3) is 5.95 Å².